The van der Waals surface area contributed by atoms with E-state index in [-0.39, 0.29) is 24.7 Å². The molecule has 2 aliphatic heterocycles. The van der Waals surface area contributed by atoms with Gasteiger partial charge in [0.1, 0.15) is 0 Å². The van der Waals surface area contributed by atoms with Crippen molar-refractivity contribution in [1.82, 2.24) is 15.0 Å². The van der Waals surface area contributed by atoms with Crippen molar-refractivity contribution in [2.45, 2.75) is 63.2 Å². The van der Waals surface area contributed by atoms with Gasteiger partial charge in [0.25, 0.3) is 11.6 Å². The highest BCUT2D eigenvalue weighted by Crippen LogP contribution is 2.60. The zero-order valence-corrected chi connectivity index (χ0v) is 25.6. The topological polar surface area (TPSA) is 124 Å². The van der Waals surface area contributed by atoms with Gasteiger partial charge < -0.3 is 18.9 Å². The smallest absolute Gasteiger partial charge is 0.269 e. The molecule has 4 atom stereocenters. The Balaban J connectivity index is 1.54. The molecule has 0 radical (unpaired) electrons. The number of aromatic nitrogens is 3. The van der Waals surface area contributed by atoms with Crippen LogP contribution in [0.2, 0.25) is 18.6 Å². The Bertz CT molecular complexity index is 1430. The summed E-state index contributed by atoms with van der Waals surface area (Å²) in [6, 6.07) is 12.2. The highest BCUT2D eigenvalue weighted by Gasteiger charge is 2.66. The minimum absolute atomic E-state index is 0.0411. The van der Waals surface area contributed by atoms with Crippen molar-refractivity contribution < 1.29 is 23.7 Å². The summed E-state index contributed by atoms with van der Waals surface area (Å²) in [5.41, 5.74) is 0.287. The first kappa shape index (κ1) is 28.8. The first-order chi connectivity index (χ1) is 19.0. The maximum Gasteiger partial charge on any atom is 0.269 e. The summed E-state index contributed by atoms with van der Waals surface area (Å²) in [5.74, 6) is -0.884. The zero-order chi connectivity index (χ0) is 28.8. The number of hydrogen-bond acceptors (Lipinski definition) is 7. The number of carbonyl (C=O) groups is 1. The average molecular weight is 680 g/mol. The Morgan fingerprint density at radius 3 is 2.62 bits per heavy atom. The number of aliphatic hydroxyl groups excluding tert-OH is 1. The summed E-state index contributed by atoms with van der Waals surface area (Å²) < 4.78 is 25.4. The lowest BCUT2D eigenvalue weighted by Crippen LogP contribution is -2.45. The lowest BCUT2D eigenvalue weighted by atomic mass is 9.82. The van der Waals surface area contributed by atoms with Crippen LogP contribution in [0, 0.1) is 19.6 Å². The highest BCUT2D eigenvalue weighted by molar-refractivity contribution is 14.1. The number of aliphatic hydroxyl groups is 1. The van der Waals surface area contributed by atoms with E-state index in [1.807, 2.05) is 31.2 Å². The molecule has 1 spiro atoms. The number of amides is 1. The van der Waals surface area contributed by atoms with Crippen LogP contribution >= 0.6 is 22.6 Å². The standard InChI is InChI=1S/C27H31FIN5O5Si/c1-17-25(40(2,3)28)24(10-12-32-16-20(11-13-35)30-31-32)39-27(17)22-14-21(34(37)38)8-9-23(22)33(26(27)36)15-18-4-6-19(29)7-5-18/h4-9,14,16-17,24-25,35H,10-13,15H2,1-3H3/t17-,24+,25-,27+/m1/s1. The molecule has 0 unspecified atom stereocenters. The summed E-state index contributed by atoms with van der Waals surface area (Å²) >= 11 is 2.22. The number of ether oxygens (including phenoxy) is 1. The van der Waals surface area contributed by atoms with E-state index in [4.69, 9.17) is 4.74 Å². The Hall–Kier alpha value is -2.75. The second-order valence-corrected chi connectivity index (χ2v) is 16.0. The largest absolute Gasteiger partial charge is 0.396 e. The van der Waals surface area contributed by atoms with Crippen LogP contribution in [0.1, 0.15) is 30.2 Å². The number of nitro groups is 1. The van der Waals surface area contributed by atoms with E-state index >= 15 is 4.11 Å². The molecule has 0 aliphatic carbocycles. The van der Waals surface area contributed by atoms with Gasteiger partial charge in [-0.15, -0.1) is 5.10 Å². The van der Waals surface area contributed by atoms with E-state index in [0.29, 0.717) is 36.3 Å². The number of fused-ring (bicyclic) bond motifs is 2. The predicted octanol–water partition coefficient (Wildman–Crippen LogP) is 4.74. The van der Waals surface area contributed by atoms with Gasteiger partial charge in [-0.25, -0.2) is 0 Å². The van der Waals surface area contributed by atoms with Gasteiger partial charge in [-0.1, -0.05) is 24.3 Å². The van der Waals surface area contributed by atoms with Crippen LogP contribution in [0.4, 0.5) is 15.5 Å². The Kier molecular flexibility index (Phi) is 7.85. The number of carbonyl (C=O) groups excluding carboxylic acids is 1. The third-order valence-electron chi connectivity index (χ3n) is 8.01. The van der Waals surface area contributed by atoms with E-state index in [1.165, 1.54) is 12.1 Å². The summed E-state index contributed by atoms with van der Waals surface area (Å²) in [7, 11) is -3.39. The fourth-order valence-electron chi connectivity index (χ4n) is 6.28. The lowest BCUT2D eigenvalue weighted by molar-refractivity contribution is -0.385. The first-order valence-electron chi connectivity index (χ1n) is 13.2. The normalized spacial score (nSPS) is 24.2. The molecule has 5 rings (SSSR count). The number of aryl methyl sites for hydroxylation is 1. The lowest BCUT2D eigenvalue weighted by Gasteiger charge is -2.31. The molecule has 1 amide bonds. The van der Waals surface area contributed by atoms with Crippen molar-refractivity contribution in [2.24, 2.45) is 5.92 Å². The molecule has 3 aromatic rings. The van der Waals surface area contributed by atoms with Crippen molar-refractivity contribution >= 4 is 48.3 Å². The van der Waals surface area contributed by atoms with Crippen LogP contribution in [0.3, 0.4) is 0 Å². The van der Waals surface area contributed by atoms with Crippen molar-refractivity contribution in [1.29, 1.82) is 0 Å². The van der Waals surface area contributed by atoms with Crippen molar-refractivity contribution in [3.63, 3.8) is 0 Å². The SMILES string of the molecule is C[C@@H]1[C@@H]([Si](C)(C)F)[C@H](CCn2cc(CCO)nn2)O[C@@]12C(=O)N(Cc1ccc(I)cc1)c1ccc([N+](=O)[O-])cc12. The van der Waals surface area contributed by atoms with Gasteiger partial charge >= 0.3 is 0 Å². The highest BCUT2D eigenvalue weighted by atomic mass is 127. The van der Waals surface area contributed by atoms with E-state index in [1.54, 1.807) is 34.9 Å². The third-order valence-corrected chi connectivity index (χ3v) is 11.2. The number of non-ortho nitro benzene ring substituents is 1. The van der Waals surface area contributed by atoms with E-state index in [0.717, 1.165) is 9.13 Å². The predicted molar refractivity (Wildman–Crippen MR) is 157 cm³/mol. The van der Waals surface area contributed by atoms with Crippen LogP contribution in [-0.4, -0.2) is 52.0 Å². The molecule has 212 valence electrons. The molecule has 2 aliphatic rings. The van der Waals surface area contributed by atoms with Gasteiger partial charge in [0.15, 0.2) is 5.60 Å². The van der Waals surface area contributed by atoms with E-state index in [2.05, 4.69) is 32.9 Å². The van der Waals surface area contributed by atoms with Crippen LogP contribution in [-0.2, 0) is 34.6 Å². The monoisotopic (exact) mass is 679 g/mol. The molecule has 0 bridgehead atoms. The number of halogens is 2. The molecule has 1 N–H and O–H groups in total. The van der Waals surface area contributed by atoms with Gasteiger partial charge in [-0.3, -0.25) is 19.6 Å². The molecule has 1 aromatic heterocycles. The summed E-state index contributed by atoms with van der Waals surface area (Å²) in [4.78, 5) is 27.3. The number of nitro benzene ring substituents is 1. The molecule has 10 nitrogen and oxygen atoms in total. The van der Waals surface area contributed by atoms with Crippen LogP contribution < -0.4 is 4.90 Å². The average Bonchev–Trinajstić information content (AvgIpc) is 3.54. The van der Waals surface area contributed by atoms with E-state index < -0.39 is 36.5 Å². The molecule has 0 saturated carbocycles. The van der Waals surface area contributed by atoms with Crippen molar-refractivity contribution in [3.8, 4) is 0 Å². The molecule has 1 saturated heterocycles. The minimum atomic E-state index is -3.39. The second-order valence-electron chi connectivity index (χ2n) is 11.0. The number of rotatable bonds is 9. The van der Waals surface area contributed by atoms with Gasteiger partial charge in [0.2, 0.25) is 8.41 Å². The van der Waals surface area contributed by atoms with Gasteiger partial charge in [-0.05, 0) is 65.9 Å². The number of anilines is 1. The van der Waals surface area contributed by atoms with Gasteiger partial charge in [-0.2, -0.15) is 0 Å². The van der Waals surface area contributed by atoms with Crippen molar-refractivity contribution in [3.05, 3.63) is 79.2 Å². The van der Waals surface area contributed by atoms with Crippen LogP contribution in [0.25, 0.3) is 0 Å². The Morgan fingerprint density at radius 2 is 1.98 bits per heavy atom. The number of benzene rings is 2. The Labute approximate surface area is 246 Å². The first-order valence-corrected chi connectivity index (χ1v) is 17.2. The molecule has 13 heteroatoms. The fourth-order valence-corrected chi connectivity index (χ4v) is 9.19. The zero-order valence-electron chi connectivity index (χ0n) is 22.5. The summed E-state index contributed by atoms with van der Waals surface area (Å²) in [6.07, 6.45) is 1.89. The van der Waals surface area contributed by atoms with Gasteiger partial charge in [0.05, 0.1) is 29.0 Å². The molecular weight excluding hydrogens is 648 g/mol. The van der Waals surface area contributed by atoms with Crippen LogP contribution in [0.15, 0.2) is 48.7 Å². The minimum Gasteiger partial charge on any atom is -0.396 e. The quantitative estimate of drug-likeness (QED) is 0.114. The molecule has 3 heterocycles. The summed E-state index contributed by atoms with van der Waals surface area (Å²) in [6.45, 7) is 5.68. The van der Waals surface area contributed by atoms with Crippen molar-refractivity contribution in [2.75, 3.05) is 11.5 Å². The molecule has 2 aromatic carbocycles. The maximum atomic E-state index is 16.0. The van der Waals surface area contributed by atoms with Gasteiger partial charge in [0, 0.05) is 58.5 Å². The third kappa shape index (κ3) is 5.08. The van der Waals surface area contributed by atoms with E-state index in [9.17, 15) is 20.0 Å². The van der Waals surface area contributed by atoms with Crippen LogP contribution in [0.5, 0.6) is 0 Å². The molecule has 1 fully saturated rings. The molecule has 40 heavy (non-hydrogen) atoms. The fraction of sp³-hybridized carbons (Fsp3) is 0.444. The summed E-state index contributed by atoms with van der Waals surface area (Å²) in [5, 5.41) is 29.1. The number of hydrogen-bond donors (Lipinski definition) is 1. The Morgan fingerprint density at radius 1 is 1.25 bits per heavy atom. The molecular formula is C27H31FIN5O5Si. The second kappa shape index (κ2) is 10.9. The maximum absolute atomic E-state index is 16.0. The number of nitrogens with zero attached hydrogens (tertiary/aromatic N) is 5.